The first-order valence-electron chi connectivity index (χ1n) is 1.68. The summed E-state index contributed by atoms with van der Waals surface area (Å²) >= 11 is 5.58. The topological polar surface area (TPSA) is 0 Å². The van der Waals surface area contributed by atoms with E-state index in [2.05, 4.69) is 44.6 Å². The Bertz CT molecular complexity index is 58.6. The lowest BCUT2D eigenvalue weighted by Crippen LogP contribution is -1.63. The van der Waals surface area contributed by atoms with Crippen LogP contribution in [0.4, 0.5) is 0 Å². The van der Waals surface area contributed by atoms with Gasteiger partial charge in [0, 0.05) is 5.33 Å². The first-order chi connectivity index (χ1) is 2.81. The molecular weight excluding hydrogens is 255 g/mol. The van der Waals surface area contributed by atoms with E-state index < -0.39 is 0 Å². The van der Waals surface area contributed by atoms with E-state index in [1.165, 1.54) is 3.58 Å². The summed E-state index contributed by atoms with van der Waals surface area (Å²) in [4.78, 5) is 0. The van der Waals surface area contributed by atoms with Crippen LogP contribution in [0.2, 0.25) is 0 Å². The van der Waals surface area contributed by atoms with Crippen molar-refractivity contribution in [2.75, 3.05) is 5.33 Å². The molecule has 6 heavy (non-hydrogen) atoms. The van der Waals surface area contributed by atoms with Crippen molar-refractivity contribution in [2.45, 2.75) is 6.92 Å². The first-order valence-corrected chi connectivity index (χ1v) is 3.88. The van der Waals surface area contributed by atoms with Gasteiger partial charge in [-0.05, 0) is 33.1 Å². The van der Waals surface area contributed by atoms with E-state index >= 15 is 0 Å². The Morgan fingerprint density at radius 2 is 2.50 bits per heavy atom. The van der Waals surface area contributed by atoms with Crippen molar-refractivity contribution in [3.63, 3.8) is 0 Å². The fraction of sp³-hybridized carbons (Fsp3) is 0.500. The van der Waals surface area contributed by atoms with E-state index in [0.717, 1.165) is 5.33 Å². The van der Waals surface area contributed by atoms with Gasteiger partial charge in [0.2, 0.25) is 0 Å². The summed E-state index contributed by atoms with van der Waals surface area (Å²) in [6.07, 6.45) is 2.08. The van der Waals surface area contributed by atoms with Gasteiger partial charge >= 0.3 is 0 Å². The minimum Gasteiger partial charge on any atom is -0.0871 e. The molecule has 0 saturated heterocycles. The molecule has 0 aliphatic carbocycles. The largest absolute Gasteiger partial charge is 0.0871 e. The summed E-state index contributed by atoms with van der Waals surface area (Å²) in [5.74, 6) is 0. The highest BCUT2D eigenvalue weighted by molar-refractivity contribution is 14.1. The number of hydrogen-bond donors (Lipinski definition) is 0. The molecule has 36 valence electrons. The summed E-state index contributed by atoms with van der Waals surface area (Å²) in [6, 6.07) is 0. The van der Waals surface area contributed by atoms with Crippen LogP contribution >= 0.6 is 38.5 Å². The van der Waals surface area contributed by atoms with Crippen molar-refractivity contribution in [3.8, 4) is 0 Å². The normalized spacial score (nSPS) is 12.2. The van der Waals surface area contributed by atoms with Gasteiger partial charge in [0.05, 0.1) is 0 Å². The molecule has 0 nitrogen and oxygen atoms in total. The molecule has 0 unspecified atom stereocenters. The van der Waals surface area contributed by atoms with Crippen LogP contribution in [-0.4, -0.2) is 5.33 Å². The summed E-state index contributed by atoms with van der Waals surface area (Å²) in [5, 5.41) is 0.990. The monoisotopic (exact) mass is 260 g/mol. The molecule has 0 saturated carbocycles. The van der Waals surface area contributed by atoms with Gasteiger partial charge < -0.3 is 0 Å². The highest BCUT2D eigenvalue weighted by atomic mass is 127. The molecule has 0 heterocycles. The van der Waals surface area contributed by atoms with Gasteiger partial charge in [-0.25, -0.2) is 0 Å². The van der Waals surface area contributed by atoms with Crippen LogP contribution in [0.1, 0.15) is 6.92 Å². The molecule has 0 aromatic rings. The molecule has 0 amide bonds. The number of allylic oxidation sites excluding steroid dienone is 2. The second kappa shape index (κ2) is 4.12. The van der Waals surface area contributed by atoms with Crippen molar-refractivity contribution >= 4 is 38.5 Å². The fourth-order valence-corrected chi connectivity index (χ4v) is 0.401. The molecule has 0 atom stereocenters. The van der Waals surface area contributed by atoms with E-state index in [9.17, 15) is 0 Å². The molecule has 0 rings (SSSR count). The van der Waals surface area contributed by atoms with Crippen molar-refractivity contribution in [2.24, 2.45) is 0 Å². The van der Waals surface area contributed by atoms with Gasteiger partial charge in [0.25, 0.3) is 0 Å². The highest BCUT2D eigenvalue weighted by Crippen LogP contribution is 2.06. The van der Waals surface area contributed by atoms with Gasteiger partial charge in [0.1, 0.15) is 0 Å². The van der Waals surface area contributed by atoms with Crippen LogP contribution in [0.5, 0.6) is 0 Å². The number of rotatable bonds is 1. The van der Waals surface area contributed by atoms with E-state index in [-0.39, 0.29) is 0 Å². The molecule has 0 aromatic heterocycles. The maximum Gasteiger partial charge on any atom is 0.0337 e. The highest BCUT2D eigenvalue weighted by Gasteiger charge is 1.77. The van der Waals surface area contributed by atoms with E-state index in [4.69, 9.17) is 0 Å². The average Bonchev–Trinajstić information content (AvgIpc) is 1.65. The van der Waals surface area contributed by atoms with E-state index in [1.807, 2.05) is 6.92 Å². The second-order valence-electron chi connectivity index (χ2n) is 0.869. The predicted octanol–water partition coefficient (Wildman–Crippen LogP) is 2.72. The van der Waals surface area contributed by atoms with Crippen LogP contribution in [0.3, 0.4) is 0 Å². The Morgan fingerprint density at radius 3 is 2.50 bits per heavy atom. The predicted molar refractivity (Wildman–Crippen MR) is 41.6 cm³/mol. The minimum absolute atomic E-state index is 0.990. The Balaban J connectivity index is 3.22. The lowest BCUT2D eigenvalue weighted by Gasteiger charge is -1.80. The average molecular weight is 261 g/mol. The molecule has 0 aliphatic heterocycles. The molecule has 0 aliphatic rings. The third kappa shape index (κ3) is 3.15. The maximum absolute atomic E-state index is 3.30. The van der Waals surface area contributed by atoms with Gasteiger partial charge in [-0.1, -0.05) is 22.0 Å². The first kappa shape index (κ1) is 6.95. The maximum atomic E-state index is 3.30. The quantitative estimate of drug-likeness (QED) is 0.502. The molecule has 0 radical (unpaired) electrons. The standard InChI is InChI=1S/C4H6BrI/c1-2-4(6)3-5/h2H,3H2,1H3/b4-2+. The molecule has 0 spiro atoms. The Labute approximate surface area is 60.3 Å². The van der Waals surface area contributed by atoms with Crippen LogP contribution < -0.4 is 0 Å². The van der Waals surface area contributed by atoms with Gasteiger partial charge in [-0.3, -0.25) is 0 Å². The van der Waals surface area contributed by atoms with Gasteiger partial charge in [-0.2, -0.15) is 0 Å². The Hall–Kier alpha value is 0.950. The molecule has 0 N–H and O–H groups in total. The van der Waals surface area contributed by atoms with Crippen molar-refractivity contribution in [1.82, 2.24) is 0 Å². The Morgan fingerprint density at radius 1 is 2.00 bits per heavy atom. The third-order valence-electron chi connectivity index (χ3n) is 0.441. The van der Waals surface area contributed by atoms with Crippen LogP contribution in [0.15, 0.2) is 9.66 Å². The van der Waals surface area contributed by atoms with Crippen molar-refractivity contribution in [1.29, 1.82) is 0 Å². The molecule has 2 heteroatoms. The number of hydrogen-bond acceptors (Lipinski definition) is 0. The molecular formula is C4H6BrI. The third-order valence-corrected chi connectivity index (χ3v) is 3.10. The van der Waals surface area contributed by atoms with Crippen LogP contribution in [0, 0.1) is 0 Å². The van der Waals surface area contributed by atoms with Crippen LogP contribution in [-0.2, 0) is 0 Å². The van der Waals surface area contributed by atoms with Crippen molar-refractivity contribution in [3.05, 3.63) is 9.66 Å². The number of alkyl halides is 1. The second-order valence-corrected chi connectivity index (χ2v) is 2.82. The minimum atomic E-state index is 0.990. The van der Waals surface area contributed by atoms with Gasteiger partial charge in [-0.15, -0.1) is 0 Å². The summed E-state index contributed by atoms with van der Waals surface area (Å²) < 4.78 is 1.35. The SMILES string of the molecule is C/C=C(/I)CBr. The van der Waals surface area contributed by atoms with Crippen LogP contribution in [0.25, 0.3) is 0 Å². The van der Waals surface area contributed by atoms with Crippen molar-refractivity contribution < 1.29 is 0 Å². The fourth-order valence-electron chi connectivity index (χ4n) is 0.0772. The zero-order valence-electron chi connectivity index (χ0n) is 3.54. The van der Waals surface area contributed by atoms with E-state index in [1.54, 1.807) is 0 Å². The zero-order chi connectivity index (χ0) is 4.99. The number of halogens is 2. The van der Waals surface area contributed by atoms with E-state index in [0.29, 0.717) is 0 Å². The molecule has 0 bridgehead atoms. The lowest BCUT2D eigenvalue weighted by atomic mass is 10.6. The summed E-state index contributed by atoms with van der Waals surface area (Å²) in [6.45, 7) is 2.03. The summed E-state index contributed by atoms with van der Waals surface area (Å²) in [5.41, 5.74) is 0. The smallest absolute Gasteiger partial charge is 0.0337 e. The molecule has 0 fully saturated rings. The summed E-state index contributed by atoms with van der Waals surface area (Å²) in [7, 11) is 0. The lowest BCUT2D eigenvalue weighted by molar-refractivity contribution is 1.66. The Kier molecular flexibility index (Phi) is 4.77. The zero-order valence-corrected chi connectivity index (χ0v) is 7.28. The van der Waals surface area contributed by atoms with Gasteiger partial charge in [0.15, 0.2) is 0 Å². The molecule has 0 aromatic carbocycles.